The summed E-state index contributed by atoms with van der Waals surface area (Å²) in [6.45, 7) is 1.52. The molecule has 1 saturated heterocycles. The van der Waals surface area contributed by atoms with Gasteiger partial charge in [0.15, 0.2) is 0 Å². The fraction of sp³-hybridized carbons (Fsp3) is 0.750. The Balaban J connectivity index is 0.00000784. The summed E-state index contributed by atoms with van der Waals surface area (Å²) < 4.78 is 0. The van der Waals surface area contributed by atoms with E-state index in [1.165, 1.54) is 0 Å². The van der Waals surface area contributed by atoms with Crippen molar-refractivity contribution in [3.8, 4) is 0 Å². The van der Waals surface area contributed by atoms with Crippen LogP contribution in [0, 0.1) is 0 Å². The molecule has 29 heavy (non-hydrogen) atoms. The summed E-state index contributed by atoms with van der Waals surface area (Å²) in [5.41, 5.74) is 0. The largest absolute Gasteiger partial charge is 0.480 e. The highest BCUT2D eigenvalue weighted by Crippen LogP contribution is 2.01. The molecule has 7 N–H and O–H groups in total. The van der Waals surface area contributed by atoms with E-state index in [1.54, 1.807) is 19.6 Å². The van der Waals surface area contributed by atoms with Gasteiger partial charge in [-0.15, -0.1) is 0 Å². The van der Waals surface area contributed by atoms with Crippen LogP contribution in [0.4, 0.5) is 0 Å². The van der Waals surface area contributed by atoms with Crippen molar-refractivity contribution in [2.45, 2.75) is 0 Å². The number of hydrogen-bond acceptors (Lipinski definition) is 9. The van der Waals surface area contributed by atoms with E-state index in [-0.39, 0.29) is 32.3 Å². The molecule has 13 heteroatoms. The Hall–Kier alpha value is -2.32. The summed E-state index contributed by atoms with van der Waals surface area (Å²) >= 11 is 0. The minimum atomic E-state index is -1.02. The molecule has 168 valence electrons. The van der Waals surface area contributed by atoms with Crippen LogP contribution in [0.15, 0.2) is 0 Å². The highest BCUT2D eigenvalue weighted by Gasteiger charge is 2.20. The van der Waals surface area contributed by atoms with Crippen molar-refractivity contribution in [2.24, 2.45) is 0 Å². The van der Waals surface area contributed by atoms with Gasteiger partial charge in [-0.25, -0.2) is 0 Å². The first kappa shape index (κ1) is 26.7. The van der Waals surface area contributed by atoms with E-state index in [0.29, 0.717) is 52.4 Å². The van der Waals surface area contributed by atoms with Gasteiger partial charge in [0.1, 0.15) is 0 Å². The average Bonchev–Trinajstić information content (AvgIpc) is 2.55. The number of hydrogen-bond donors (Lipinski definition) is 5. The van der Waals surface area contributed by atoms with Gasteiger partial charge in [0.25, 0.3) is 0 Å². The topological polar surface area (TPSA) is 197 Å². The van der Waals surface area contributed by atoms with Gasteiger partial charge < -0.3 is 26.6 Å². The summed E-state index contributed by atoms with van der Waals surface area (Å²) in [6, 6.07) is 0. The monoisotopic (exact) mass is 421 g/mol. The number of carboxylic acid groups (broad SMARTS) is 4. The van der Waals surface area contributed by atoms with Crippen molar-refractivity contribution in [3.63, 3.8) is 0 Å². The van der Waals surface area contributed by atoms with E-state index in [1.807, 2.05) is 0 Å². The van der Waals surface area contributed by atoms with E-state index in [9.17, 15) is 19.2 Å². The highest BCUT2D eigenvalue weighted by atomic mass is 16.4. The molecule has 0 spiro atoms. The number of nitrogens with zero attached hydrogens (tertiary/aromatic N) is 4. The van der Waals surface area contributed by atoms with Crippen molar-refractivity contribution in [2.75, 3.05) is 78.5 Å². The van der Waals surface area contributed by atoms with Gasteiger partial charge >= 0.3 is 23.9 Å². The van der Waals surface area contributed by atoms with E-state index in [2.05, 4.69) is 0 Å². The van der Waals surface area contributed by atoms with Gasteiger partial charge in [-0.3, -0.25) is 38.8 Å². The van der Waals surface area contributed by atoms with Crippen LogP contribution in [-0.4, -0.2) is 142 Å². The van der Waals surface area contributed by atoms with E-state index >= 15 is 0 Å². The summed E-state index contributed by atoms with van der Waals surface area (Å²) in [5.74, 6) is -4.08. The fourth-order valence-electron chi connectivity index (χ4n) is 2.98. The standard InChI is InChI=1S/C16H28N4O8.H3N/c21-13(22)9-17-1-2-18(10-14(23)24)5-6-20(12-16(27)28)8-7-19(4-3-17)11-15(25)26;/h1-12H2,(H,21,22)(H,23,24)(H,25,26)(H,27,28);1H3. The van der Waals surface area contributed by atoms with Crippen molar-refractivity contribution < 1.29 is 39.6 Å². The molecule has 1 fully saturated rings. The van der Waals surface area contributed by atoms with Crippen LogP contribution in [0.2, 0.25) is 0 Å². The molecule has 0 saturated carbocycles. The van der Waals surface area contributed by atoms with Crippen LogP contribution in [-0.2, 0) is 19.2 Å². The zero-order chi connectivity index (χ0) is 21.1. The third-order valence-electron chi connectivity index (χ3n) is 4.37. The Bertz CT molecular complexity index is 449. The van der Waals surface area contributed by atoms with Crippen LogP contribution in [0.3, 0.4) is 0 Å². The lowest BCUT2D eigenvalue weighted by Crippen LogP contribution is -2.49. The smallest absolute Gasteiger partial charge is 0.317 e. The zero-order valence-corrected chi connectivity index (χ0v) is 16.4. The van der Waals surface area contributed by atoms with Gasteiger partial charge in [-0.2, -0.15) is 0 Å². The quantitative estimate of drug-likeness (QED) is 0.281. The molecular formula is C16H31N5O8. The number of carboxylic acids is 4. The average molecular weight is 421 g/mol. The fourth-order valence-corrected chi connectivity index (χ4v) is 2.98. The van der Waals surface area contributed by atoms with Crippen LogP contribution in [0.5, 0.6) is 0 Å². The van der Waals surface area contributed by atoms with Crippen LogP contribution in [0.1, 0.15) is 0 Å². The molecule has 0 amide bonds. The molecule has 1 aliphatic rings. The number of aliphatic carboxylic acids is 4. The first-order valence-corrected chi connectivity index (χ1v) is 8.92. The molecule has 0 aromatic heterocycles. The first-order chi connectivity index (χ1) is 13.2. The molecule has 0 bridgehead atoms. The molecular weight excluding hydrogens is 390 g/mol. The molecule has 0 aliphatic carbocycles. The third-order valence-corrected chi connectivity index (χ3v) is 4.37. The second-order valence-electron chi connectivity index (χ2n) is 6.68. The number of rotatable bonds is 8. The summed E-state index contributed by atoms with van der Waals surface area (Å²) in [7, 11) is 0. The van der Waals surface area contributed by atoms with Crippen LogP contribution in [0.25, 0.3) is 0 Å². The lowest BCUT2D eigenvalue weighted by atomic mass is 10.3. The predicted octanol–water partition coefficient (Wildman–Crippen LogP) is -2.29. The minimum absolute atomic E-state index is 0. The van der Waals surface area contributed by atoms with Gasteiger partial charge in [0.05, 0.1) is 26.2 Å². The Labute approximate surface area is 168 Å². The molecule has 1 aliphatic heterocycles. The Kier molecular flexibility index (Phi) is 12.7. The maximum Gasteiger partial charge on any atom is 0.317 e. The molecule has 1 rings (SSSR count). The molecule has 0 atom stereocenters. The molecule has 0 radical (unpaired) electrons. The minimum Gasteiger partial charge on any atom is -0.480 e. The van der Waals surface area contributed by atoms with Gasteiger partial charge in [-0.05, 0) is 0 Å². The lowest BCUT2D eigenvalue weighted by molar-refractivity contribution is -0.141. The predicted molar refractivity (Wildman–Crippen MR) is 101 cm³/mol. The van der Waals surface area contributed by atoms with Crippen molar-refractivity contribution in [3.05, 3.63) is 0 Å². The summed E-state index contributed by atoms with van der Waals surface area (Å²) in [5, 5.41) is 36.3. The maximum absolute atomic E-state index is 11.1. The SMILES string of the molecule is N.O=C(O)CN1CCN(CC(=O)O)CCN(CC(=O)O)CCN(CC(=O)O)CC1. The lowest BCUT2D eigenvalue weighted by Gasteiger charge is -2.32. The maximum atomic E-state index is 11.1. The van der Waals surface area contributed by atoms with Crippen molar-refractivity contribution in [1.82, 2.24) is 25.8 Å². The Morgan fingerprint density at radius 1 is 0.448 bits per heavy atom. The Morgan fingerprint density at radius 3 is 0.690 bits per heavy atom. The van der Waals surface area contributed by atoms with E-state index < -0.39 is 23.9 Å². The van der Waals surface area contributed by atoms with Gasteiger partial charge in [0.2, 0.25) is 0 Å². The van der Waals surface area contributed by atoms with Crippen LogP contribution >= 0.6 is 0 Å². The Morgan fingerprint density at radius 2 is 0.586 bits per heavy atom. The second kappa shape index (κ2) is 13.8. The molecule has 1 heterocycles. The molecule has 13 nitrogen and oxygen atoms in total. The van der Waals surface area contributed by atoms with Gasteiger partial charge in [0, 0.05) is 52.4 Å². The summed E-state index contributed by atoms with van der Waals surface area (Å²) in [6.07, 6.45) is 0. The summed E-state index contributed by atoms with van der Waals surface area (Å²) in [4.78, 5) is 50.9. The van der Waals surface area contributed by atoms with Crippen LogP contribution < -0.4 is 6.15 Å². The highest BCUT2D eigenvalue weighted by molar-refractivity contribution is 5.70. The zero-order valence-electron chi connectivity index (χ0n) is 16.4. The second-order valence-corrected chi connectivity index (χ2v) is 6.68. The normalized spacial score (nSPS) is 18.8. The van der Waals surface area contributed by atoms with E-state index in [0.717, 1.165) is 0 Å². The van der Waals surface area contributed by atoms with Crippen molar-refractivity contribution >= 4 is 23.9 Å². The number of carbonyl (C=O) groups is 4. The third kappa shape index (κ3) is 12.7. The van der Waals surface area contributed by atoms with Gasteiger partial charge in [-0.1, -0.05) is 0 Å². The molecule has 0 aromatic carbocycles. The molecule has 0 aromatic rings. The van der Waals surface area contributed by atoms with Crippen molar-refractivity contribution in [1.29, 1.82) is 0 Å². The molecule has 0 unspecified atom stereocenters. The van der Waals surface area contributed by atoms with E-state index in [4.69, 9.17) is 20.4 Å². The first-order valence-electron chi connectivity index (χ1n) is 8.92.